The highest BCUT2D eigenvalue weighted by Crippen LogP contribution is 2.24. The van der Waals surface area contributed by atoms with Crippen LogP contribution in [0, 0.1) is 0 Å². The summed E-state index contributed by atoms with van der Waals surface area (Å²) in [7, 11) is 0. The SMILES string of the molecule is O=C(Nc1ccccc1Cl)N1CC(N2CCN(c3ccccc3)CC2)C1. The number of carbonyl (C=O) groups is 1. The van der Waals surface area contributed by atoms with Crippen molar-refractivity contribution in [2.45, 2.75) is 6.04 Å². The lowest BCUT2D eigenvalue weighted by molar-refractivity contribution is 0.0578. The Balaban J connectivity index is 1.24. The molecule has 0 atom stereocenters. The molecular formula is C20H23ClN4O. The molecule has 0 bridgehead atoms. The quantitative estimate of drug-likeness (QED) is 0.900. The molecule has 2 saturated heterocycles. The van der Waals surface area contributed by atoms with E-state index in [4.69, 9.17) is 11.6 Å². The molecule has 2 heterocycles. The van der Waals surface area contributed by atoms with Crippen molar-refractivity contribution in [3.63, 3.8) is 0 Å². The van der Waals surface area contributed by atoms with Crippen molar-refractivity contribution >= 4 is 29.0 Å². The zero-order valence-electron chi connectivity index (χ0n) is 14.6. The molecule has 0 unspecified atom stereocenters. The zero-order chi connectivity index (χ0) is 17.9. The Hall–Kier alpha value is -2.24. The second kappa shape index (κ2) is 7.56. The van der Waals surface area contributed by atoms with Crippen LogP contribution in [-0.4, -0.2) is 61.1 Å². The van der Waals surface area contributed by atoms with E-state index in [-0.39, 0.29) is 6.03 Å². The number of carbonyl (C=O) groups excluding carboxylic acids is 1. The summed E-state index contributed by atoms with van der Waals surface area (Å²) in [4.78, 5) is 19.1. The summed E-state index contributed by atoms with van der Waals surface area (Å²) in [6.45, 7) is 5.71. The second-order valence-corrected chi connectivity index (χ2v) is 7.23. The van der Waals surface area contributed by atoms with Gasteiger partial charge in [0.25, 0.3) is 0 Å². The maximum Gasteiger partial charge on any atom is 0.321 e. The highest BCUT2D eigenvalue weighted by molar-refractivity contribution is 6.33. The molecule has 0 saturated carbocycles. The number of para-hydroxylation sites is 2. The van der Waals surface area contributed by atoms with E-state index in [9.17, 15) is 4.79 Å². The predicted molar refractivity (Wildman–Crippen MR) is 106 cm³/mol. The average molecular weight is 371 g/mol. The predicted octanol–water partition coefficient (Wildman–Crippen LogP) is 3.38. The average Bonchev–Trinajstić information content (AvgIpc) is 2.64. The summed E-state index contributed by atoms with van der Waals surface area (Å²) in [5.41, 5.74) is 1.96. The van der Waals surface area contributed by atoms with Crippen LogP contribution in [0.1, 0.15) is 0 Å². The van der Waals surface area contributed by atoms with E-state index < -0.39 is 0 Å². The number of anilines is 2. The van der Waals surface area contributed by atoms with Crippen LogP contribution in [0.4, 0.5) is 16.2 Å². The van der Waals surface area contributed by atoms with Gasteiger partial charge in [0.2, 0.25) is 0 Å². The van der Waals surface area contributed by atoms with Crippen LogP contribution < -0.4 is 10.2 Å². The maximum atomic E-state index is 12.3. The molecule has 2 aromatic carbocycles. The van der Waals surface area contributed by atoms with Crippen molar-refractivity contribution in [3.8, 4) is 0 Å². The number of hydrogen-bond acceptors (Lipinski definition) is 3. The fourth-order valence-electron chi connectivity index (χ4n) is 3.59. The van der Waals surface area contributed by atoms with Gasteiger partial charge in [-0.2, -0.15) is 0 Å². The number of halogens is 1. The summed E-state index contributed by atoms with van der Waals surface area (Å²) in [5.74, 6) is 0. The van der Waals surface area contributed by atoms with Gasteiger partial charge in [0.05, 0.1) is 10.7 Å². The molecule has 0 aromatic heterocycles. The molecule has 1 N–H and O–H groups in total. The van der Waals surface area contributed by atoms with Crippen molar-refractivity contribution in [2.24, 2.45) is 0 Å². The largest absolute Gasteiger partial charge is 0.369 e. The molecule has 4 rings (SSSR count). The van der Waals surface area contributed by atoms with Crippen LogP contribution in [0.2, 0.25) is 5.02 Å². The molecule has 2 fully saturated rings. The molecule has 0 spiro atoms. The summed E-state index contributed by atoms with van der Waals surface area (Å²) >= 11 is 6.10. The third-order valence-electron chi connectivity index (χ3n) is 5.22. The van der Waals surface area contributed by atoms with E-state index in [2.05, 4.69) is 45.4 Å². The van der Waals surface area contributed by atoms with Gasteiger partial charge in [-0.15, -0.1) is 0 Å². The first-order valence-corrected chi connectivity index (χ1v) is 9.43. The summed E-state index contributed by atoms with van der Waals surface area (Å²) in [6, 6.07) is 18.3. The number of amides is 2. The first-order valence-electron chi connectivity index (χ1n) is 9.05. The van der Waals surface area contributed by atoms with Crippen LogP contribution in [0.5, 0.6) is 0 Å². The van der Waals surface area contributed by atoms with Crippen LogP contribution in [0.15, 0.2) is 54.6 Å². The van der Waals surface area contributed by atoms with Gasteiger partial charge in [-0.05, 0) is 24.3 Å². The number of urea groups is 1. The van der Waals surface area contributed by atoms with Gasteiger partial charge in [-0.1, -0.05) is 41.9 Å². The van der Waals surface area contributed by atoms with Gasteiger partial charge in [0.1, 0.15) is 0 Å². The molecular weight excluding hydrogens is 348 g/mol. The smallest absolute Gasteiger partial charge is 0.321 e. The van der Waals surface area contributed by atoms with E-state index in [0.29, 0.717) is 16.8 Å². The number of hydrogen-bond donors (Lipinski definition) is 1. The monoisotopic (exact) mass is 370 g/mol. The Morgan fingerprint density at radius 3 is 2.27 bits per heavy atom. The molecule has 0 aliphatic carbocycles. The molecule has 6 heteroatoms. The van der Waals surface area contributed by atoms with E-state index in [0.717, 1.165) is 39.3 Å². The van der Waals surface area contributed by atoms with Crippen molar-refractivity contribution in [3.05, 3.63) is 59.6 Å². The molecule has 26 heavy (non-hydrogen) atoms. The van der Waals surface area contributed by atoms with Gasteiger partial charge in [-0.25, -0.2) is 4.79 Å². The number of piperazine rings is 1. The van der Waals surface area contributed by atoms with Crippen LogP contribution in [0.25, 0.3) is 0 Å². The normalized spacial score (nSPS) is 18.5. The first-order chi connectivity index (χ1) is 12.7. The van der Waals surface area contributed by atoms with E-state index in [1.54, 1.807) is 6.07 Å². The Kier molecular flexibility index (Phi) is 5.00. The Morgan fingerprint density at radius 1 is 0.923 bits per heavy atom. The highest BCUT2D eigenvalue weighted by Gasteiger charge is 2.36. The standard InChI is InChI=1S/C20H23ClN4O/c21-18-8-4-5-9-19(18)22-20(26)25-14-17(15-25)24-12-10-23(11-13-24)16-6-2-1-3-7-16/h1-9,17H,10-15H2,(H,22,26). The molecule has 2 aliphatic heterocycles. The lowest BCUT2D eigenvalue weighted by Crippen LogP contribution is -2.64. The fraction of sp³-hybridized carbons (Fsp3) is 0.350. The Morgan fingerprint density at radius 2 is 1.58 bits per heavy atom. The van der Waals surface area contributed by atoms with Gasteiger partial charge in [0.15, 0.2) is 0 Å². The van der Waals surface area contributed by atoms with Crippen molar-refractivity contribution in [1.82, 2.24) is 9.80 Å². The number of benzene rings is 2. The number of likely N-dealkylation sites (tertiary alicyclic amines) is 1. The second-order valence-electron chi connectivity index (χ2n) is 6.83. The minimum atomic E-state index is -0.0720. The molecule has 5 nitrogen and oxygen atoms in total. The summed E-state index contributed by atoms with van der Waals surface area (Å²) in [5, 5.41) is 3.46. The van der Waals surface area contributed by atoms with Gasteiger partial charge < -0.3 is 15.1 Å². The van der Waals surface area contributed by atoms with E-state index in [1.807, 2.05) is 23.1 Å². The number of nitrogens with zero attached hydrogens (tertiary/aromatic N) is 3. The Bertz CT molecular complexity index is 755. The van der Waals surface area contributed by atoms with Gasteiger partial charge in [-0.3, -0.25) is 4.90 Å². The van der Waals surface area contributed by atoms with Gasteiger partial charge >= 0.3 is 6.03 Å². The minimum Gasteiger partial charge on any atom is -0.369 e. The van der Waals surface area contributed by atoms with Crippen molar-refractivity contribution < 1.29 is 4.79 Å². The first kappa shape index (κ1) is 17.2. The fourth-order valence-corrected chi connectivity index (χ4v) is 3.78. The van der Waals surface area contributed by atoms with Gasteiger partial charge in [0, 0.05) is 51.0 Å². The lowest BCUT2D eigenvalue weighted by atomic mass is 10.1. The Labute approximate surface area is 159 Å². The number of nitrogens with one attached hydrogen (secondary N) is 1. The molecule has 2 aromatic rings. The summed E-state index contributed by atoms with van der Waals surface area (Å²) in [6.07, 6.45) is 0. The van der Waals surface area contributed by atoms with Crippen molar-refractivity contribution in [1.29, 1.82) is 0 Å². The summed E-state index contributed by atoms with van der Waals surface area (Å²) < 4.78 is 0. The zero-order valence-corrected chi connectivity index (χ0v) is 15.4. The van der Waals surface area contributed by atoms with Crippen LogP contribution in [0.3, 0.4) is 0 Å². The topological polar surface area (TPSA) is 38.8 Å². The maximum absolute atomic E-state index is 12.3. The minimum absolute atomic E-state index is 0.0720. The lowest BCUT2D eigenvalue weighted by Gasteiger charge is -2.48. The third kappa shape index (κ3) is 3.64. The van der Waals surface area contributed by atoms with E-state index in [1.165, 1.54) is 5.69 Å². The molecule has 2 amide bonds. The molecule has 2 aliphatic rings. The van der Waals surface area contributed by atoms with Crippen molar-refractivity contribution in [2.75, 3.05) is 49.5 Å². The van der Waals surface area contributed by atoms with Crippen LogP contribution in [-0.2, 0) is 0 Å². The number of rotatable bonds is 3. The third-order valence-corrected chi connectivity index (χ3v) is 5.55. The molecule has 136 valence electrons. The molecule has 0 radical (unpaired) electrons. The highest BCUT2D eigenvalue weighted by atomic mass is 35.5. The van der Waals surface area contributed by atoms with E-state index >= 15 is 0 Å². The van der Waals surface area contributed by atoms with Crippen LogP contribution >= 0.6 is 11.6 Å².